The van der Waals surface area contributed by atoms with Crippen molar-refractivity contribution in [3.05, 3.63) is 47.4 Å². The summed E-state index contributed by atoms with van der Waals surface area (Å²) in [5.41, 5.74) is 4.44. The van der Waals surface area contributed by atoms with E-state index in [0.29, 0.717) is 12.5 Å². The van der Waals surface area contributed by atoms with Gasteiger partial charge in [0.25, 0.3) is 0 Å². The average molecular weight is 379 g/mol. The molecule has 28 heavy (non-hydrogen) atoms. The number of nitrogens with zero attached hydrogens (tertiary/aromatic N) is 5. The van der Waals surface area contributed by atoms with Gasteiger partial charge < -0.3 is 10.2 Å². The van der Waals surface area contributed by atoms with Crippen LogP contribution in [-0.4, -0.2) is 32.7 Å². The maximum atomic E-state index is 4.95. The minimum absolute atomic E-state index is 0.450. The molecule has 1 aliphatic heterocycles. The smallest absolute Gasteiger partial charge is 0.162 e. The van der Waals surface area contributed by atoms with E-state index in [1.807, 2.05) is 16.9 Å². The number of pyridine rings is 1. The van der Waals surface area contributed by atoms with Crippen LogP contribution in [0.5, 0.6) is 0 Å². The number of rotatable bonds is 6. The third-order valence-electron chi connectivity index (χ3n) is 5.51. The highest BCUT2D eigenvalue weighted by Crippen LogP contribution is 2.25. The molecule has 3 aromatic heterocycles. The molecule has 0 amide bonds. The molecule has 4 heterocycles. The van der Waals surface area contributed by atoms with Gasteiger partial charge in [0.15, 0.2) is 5.65 Å². The lowest BCUT2D eigenvalue weighted by Crippen LogP contribution is -2.30. The van der Waals surface area contributed by atoms with Gasteiger partial charge in [-0.3, -0.25) is 4.98 Å². The van der Waals surface area contributed by atoms with Crippen LogP contribution in [-0.2, 0) is 13.0 Å². The van der Waals surface area contributed by atoms with Gasteiger partial charge in [-0.15, -0.1) is 0 Å². The van der Waals surface area contributed by atoms with E-state index in [2.05, 4.69) is 59.3 Å². The first-order valence-corrected chi connectivity index (χ1v) is 10.5. The number of nitrogens with one attached hydrogen (secondary N) is 1. The third-order valence-corrected chi connectivity index (χ3v) is 5.51. The minimum atomic E-state index is 0.450. The standard InChI is InChI=1S/C22H30N6/c1-4-18-15-25-28-20(24-14-17-8-9-19(16(2)3)23-13-17)12-21(26-22(18)28)27-10-6-5-7-11-27/h8-9,12-13,15-16,24H,4-7,10-11,14H2,1-3H3. The molecule has 0 spiro atoms. The Bertz CT molecular complexity index is 922. The second-order valence-electron chi connectivity index (χ2n) is 7.91. The molecule has 1 N–H and O–H groups in total. The van der Waals surface area contributed by atoms with Crippen molar-refractivity contribution >= 4 is 17.3 Å². The van der Waals surface area contributed by atoms with Crippen LogP contribution >= 0.6 is 0 Å². The molecular weight excluding hydrogens is 348 g/mol. The molecule has 1 fully saturated rings. The Balaban J connectivity index is 1.61. The topological polar surface area (TPSA) is 58.4 Å². The van der Waals surface area contributed by atoms with Gasteiger partial charge in [-0.1, -0.05) is 26.8 Å². The SMILES string of the molecule is CCc1cnn2c(NCc3ccc(C(C)C)nc3)cc(N3CCCCC3)nc12. The molecule has 1 aliphatic rings. The number of fused-ring (bicyclic) bond motifs is 1. The molecule has 6 heteroatoms. The van der Waals surface area contributed by atoms with Gasteiger partial charge in [0.1, 0.15) is 11.6 Å². The summed E-state index contributed by atoms with van der Waals surface area (Å²) in [7, 11) is 0. The zero-order valence-corrected chi connectivity index (χ0v) is 17.1. The van der Waals surface area contributed by atoms with E-state index in [-0.39, 0.29) is 0 Å². The van der Waals surface area contributed by atoms with Gasteiger partial charge in [0, 0.05) is 43.2 Å². The summed E-state index contributed by atoms with van der Waals surface area (Å²) in [6, 6.07) is 6.41. The van der Waals surface area contributed by atoms with Crippen LogP contribution in [0.2, 0.25) is 0 Å². The Kier molecular flexibility index (Phi) is 5.46. The average Bonchev–Trinajstić information content (AvgIpc) is 3.16. The monoisotopic (exact) mass is 378 g/mol. The predicted molar refractivity (Wildman–Crippen MR) is 114 cm³/mol. The van der Waals surface area contributed by atoms with E-state index in [9.17, 15) is 0 Å². The second-order valence-corrected chi connectivity index (χ2v) is 7.91. The molecule has 0 aromatic carbocycles. The Morgan fingerprint density at radius 2 is 1.93 bits per heavy atom. The van der Waals surface area contributed by atoms with Crippen LogP contribution < -0.4 is 10.2 Å². The highest BCUT2D eigenvalue weighted by molar-refractivity contribution is 5.61. The number of hydrogen-bond donors (Lipinski definition) is 1. The molecule has 0 saturated carbocycles. The van der Waals surface area contributed by atoms with Gasteiger partial charge in [-0.2, -0.15) is 9.61 Å². The van der Waals surface area contributed by atoms with Gasteiger partial charge >= 0.3 is 0 Å². The number of aryl methyl sites for hydroxylation is 1. The van der Waals surface area contributed by atoms with Crippen molar-refractivity contribution in [3.8, 4) is 0 Å². The number of hydrogen-bond acceptors (Lipinski definition) is 5. The summed E-state index contributed by atoms with van der Waals surface area (Å²) >= 11 is 0. The van der Waals surface area contributed by atoms with Crippen molar-refractivity contribution < 1.29 is 0 Å². The van der Waals surface area contributed by atoms with Crippen molar-refractivity contribution in [1.29, 1.82) is 0 Å². The summed E-state index contributed by atoms with van der Waals surface area (Å²) in [5.74, 6) is 2.49. The van der Waals surface area contributed by atoms with E-state index in [1.165, 1.54) is 24.8 Å². The highest BCUT2D eigenvalue weighted by atomic mass is 15.3. The first-order valence-electron chi connectivity index (χ1n) is 10.5. The fourth-order valence-electron chi connectivity index (χ4n) is 3.73. The lowest BCUT2D eigenvalue weighted by Gasteiger charge is -2.28. The largest absolute Gasteiger partial charge is 0.366 e. The third kappa shape index (κ3) is 3.81. The zero-order valence-electron chi connectivity index (χ0n) is 17.1. The fraction of sp³-hybridized carbons (Fsp3) is 0.500. The molecule has 1 saturated heterocycles. The molecule has 0 aliphatic carbocycles. The first-order chi connectivity index (χ1) is 13.7. The van der Waals surface area contributed by atoms with Crippen LogP contribution in [0.1, 0.15) is 62.8 Å². The Morgan fingerprint density at radius 3 is 2.61 bits per heavy atom. The molecule has 0 atom stereocenters. The van der Waals surface area contributed by atoms with E-state index >= 15 is 0 Å². The van der Waals surface area contributed by atoms with E-state index < -0.39 is 0 Å². The van der Waals surface area contributed by atoms with Gasteiger partial charge in [0.05, 0.1) is 6.20 Å². The quantitative estimate of drug-likeness (QED) is 0.688. The van der Waals surface area contributed by atoms with E-state index in [0.717, 1.165) is 48.1 Å². The molecular formula is C22H30N6. The molecule has 0 unspecified atom stereocenters. The maximum absolute atomic E-state index is 4.95. The zero-order chi connectivity index (χ0) is 19.5. The number of anilines is 2. The summed E-state index contributed by atoms with van der Waals surface area (Å²) in [5, 5.41) is 8.15. The maximum Gasteiger partial charge on any atom is 0.162 e. The minimum Gasteiger partial charge on any atom is -0.366 e. The van der Waals surface area contributed by atoms with Crippen molar-refractivity contribution in [3.63, 3.8) is 0 Å². The highest BCUT2D eigenvalue weighted by Gasteiger charge is 2.17. The Hall–Kier alpha value is -2.63. The van der Waals surface area contributed by atoms with E-state index in [1.54, 1.807) is 0 Å². The van der Waals surface area contributed by atoms with Crippen molar-refractivity contribution in [1.82, 2.24) is 19.6 Å². The van der Waals surface area contributed by atoms with Crippen molar-refractivity contribution in [2.75, 3.05) is 23.3 Å². The van der Waals surface area contributed by atoms with Gasteiger partial charge in [0.2, 0.25) is 0 Å². The normalized spacial score (nSPS) is 14.8. The molecule has 6 nitrogen and oxygen atoms in total. The van der Waals surface area contributed by atoms with Crippen LogP contribution in [0.25, 0.3) is 5.65 Å². The van der Waals surface area contributed by atoms with Crippen molar-refractivity contribution in [2.24, 2.45) is 0 Å². The first kappa shape index (κ1) is 18.7. The van der Waals surface area contributed by atoms with E-state index in [4.69, 9.17) is 4.98 Å². The lowest BCUT2D eigenvalue weighted by molar-refractivity contribution is 0.573. The number of piperidine rings is 1. The van der Waals surface area contributed by atoms with Crippen LogP contribution in [0.15, 0.2) is 30.6 Å². The fourth-order valence-corrected chi connectivity index (χ4v) is 3.73. The molecule has 4 rings (SSSR count). The summed E-state index contributed by atoms with van der Waals surface area (Å²) in [4.78, 5) is 11.9. The summed E-state index contributed by atoms with van der Waals surface area (Å²) in [6.07, 6.45) is 8.63. The summed E-state index contributed by atoms with van der Waals surface area (Å²) in [6.45, 7) is 9.36. The number of aromatic nitrogens is 4. The lowest BCUT2D eigenvalue weighted by atomic mass is 10.1. The van der Waals surface area contributed by atoms with Gasteiger partial charge in [-0.05, 0) is 43.2 Å². The van der Waals surface area contributed by atoms with Gasteiger partial charge in [-0.25, -0.2) is 4.98 Å². The van der Waals surface area contributed by atoms with Crippen LogP contribution in [0, 0.1) is 0 Å². The molecule has 0 bridgehead atoms. The van der Waals surface area contributed by atoms with Crippen LogP contribution in [0.4, 0.5) is 11.6 Å². The second kappa shape index (κ2) is 8.17. The molecule has 0 radical (unpaired) electrons. The molecule has 3 aromatic rings. The Morgan fingerprint density at radius 1 is 1.11 bits per heavy atom. The molecule has 148 valence electrons. The predicted octanol–water partition coefficient (Wildman–Crippen LogP) is 4.41. The summed E-state index contributed by atoms with van der Waals surface area (Å²) < 4.78 is 1.93. The van der Waals surface area contributed by atoms with Crippen LogP contribution in [0.3, 0.4) is 0 Å². The Labute approximate surface area is 167 Å². The van der Waals surface area contributed by atoms with Crippen molar-refractivity contribution in [2.45, 2.75) is 58.9 Å².